The molecule has 0 radical (unpaired) electrons. The molecule has 12 atom stereocenters. The molecule has 2 aliphatic heterocycles. The van der Waals surface area contributed by atoms with Crippen LogP contribution in [0.3, 0.4) is 0 Å². The molecule has 4 saturated carbocycles. The molecule has 30 heavy (non-hydrogen) atoms. The number of aliphatic hydroxyl groups is 1. The van der Waals surface area contributed by atoms with Crippen LogP contribution in [0.4, 0.5) is 0 Å². The number of rotatable bonds is 0. The molecular weight excluding hydrogens is 372 g/mol. The van der Waals surface area contributed by atoms with Gasteiger partial charge in [-0.2, -0.15) is 0 Å². The summed E-state index contributed by atoms with van der Waals surface area (Å²) in [7, 11) is 0. The number of hydrogen-bond donors (Lipinski definition) is 1. The molecule has 6 aliphatic rings. The van der Waals surface area contributed by atoms with Crippen LogP contribution in [0.15, 0.2) is 0 Å². The molecule has 6 fully saturated rings. The molecule has 6 rings (SSSR count). The van der Waals surface area contributed by atoms with Gasteiger partial charge in [0.15, 0.2) is 5.79 Å². The normalized spacial score (nSPS) is 62.5. The van der Waals surface area contributed by atoms with Gasteiger partial charge in [0.1, 0.15) is 6.10 Å². The smallest absolute Gasteiger partial charge is 0.197 e. The monoisotopic (exact) mass is 416 g/mol. The molecule has 0 aromatic heterocycles. The lowest BCUT2D eigenvalue weighted by molar-refractivity contribution is -0.316. The summed E-state index contributed by atoms with van der Waals surface area (Å²) in [6, 6.07) is 0. The average molecular weight is 417 g/mol. The van der Waals surface area contributed by atoms with E-state index in [1.54, 1.807) is 0 Å². The van der Waals surface area contributed by atoms with Gasteiger partial charge in [0.2, 0.25) is 0 Å². The Bertz CT molecular complexity index is 694. The summed E-state index contributed by atoms with van der Waals surface area (Å²) in [5.41, 5.74) is 0.964. The lowest BCUT2D eigenvalue weighted by atomic mass is 9.44. The van der Waals surface area contributed by atoms with E-state index in [-0.39, 0.29) is 12.0 Å². The van der Waals surface area contributed by atoms with Crippen molar-refractivity contribution in [3.8, 4) is 0 Å². The van der Waals surface area contributed by atoms with Crippen LogP contribution >= 0.6 is 0 Å². The second kappa shape index (κ2) is 6.70. The summed E-state index contributed by atoms with van der Waals surface area (Å²) in [5.74, 6) is 4.16. The predicted molar refractivity (Wildman–Crippen MR) is 118 cm³/mol. The van der Waals surface area contributed by atoms with Gasteiger partial charge < -0.3 is 14.6 Å². The van der Waals surface area contributed by atoms with Crippen molar-refractivity contribution in [3.63, 3.8) is 0 Å². The molecular formula is C27H44O3. The topological polar surface area (TPSA) is 38.7 Å². The van der Waals surface area contributed by atoms with Gasteiger partial charge in [-0.3, -0.25) is 0 Å². The maximum atomic E-state index is 11.0. The molecule has 3 nitrogen and oxygen atoms in total. The Hall–Kier alpha value is -0.120. The summed E-state index contributed by atoms with van der Waals surface area (Å²) in [6.07, 6.45) is 13.4. The minimum Gasteiger partial charge on any atom is -0.387 e. The van der Waals surface area contributed by atoms with E-state index in [0.717, 1.165) is 36.7 Å². The standard InChI is InChI=1S/C27H44O3/c1-16-13-23(28)27(29-15-16)17(2)24-22(30-27)14-21-19-9-8-18-7-5-6-11-25(18,3)20(19)10-12-26(21,24)4/h16-24,28H,5-15H2,1-4H3/t16-,17+,18-,19-,20+,21+,22+,23+,24+,25+,26+,27+/m1/s1. The summed E-state index contributed by atoms with van der Waals surface area (Å²) < 4.78 is 13.1. The third-order valence-electron chi connectivity index (χ3n) is 11.9. The fourth-order valence-electron chi connectivity index (χ4n) is 10.5. The molecule has 4 aliphatic carbocycles. The van der Waals surface area contributed by atoms with Gasteiger partial charge in [-0.05, 0) is 97.7 Å². The zero-order chi connectivity index (χ0) is 20.9. The third kappa shape index (κ3) is 2.49. The Labute approximate surface area is 183 Å². The Balaban J connectivity index is 1.28. The molecule has 0 unspecified atom stereocenters. The van der Waals surface area contributed by atoms with Crippen molar-refractivity contribution in [2.24, 2.45) is 52.3 Å². The van der Waals surface area contributed by atoms with Crippen LogP contribution in [-0.4, -0.2) is 29.7 Å². The predicted octanol–water partition coefficient (Wildman–Crippen LogP) is 5.79. The van der Waals surface area contributed by atoms with Gasteiger partial charge in [-0.25, -0.2) is 0 Å². The molecule has 2 saturated heterocycles. The molecule has 0 bridgehead atoms. The molecule has 2 heterocycles. The number of fused-ring (bicyclic) bond motifs is 7. The minimum atomic E-state index is -0.736. The van der Waals surface area contributed by atoms with Crippen LogP contribution in [0.25, 0.3) is 0 Å². The van der Waals surface area contributed by atoms with Crippen LogP contribution in [-0.2, 0) is 9.47 Å². The summed E-state index contributed by atoms with van der Waals surface area (Å²) in [5, 5.41) is 11.0. The van der Waals surface area contributed by atoms with E-state index in [1.807, 2.05) is 0 Å². The molecule has 1 spiro atoms. The van der Waals surface area contributed by atoms with E-state index in [2.05, 4.69) is 27.7 Å². The summed E-state index contributed by atoms with van der Waals surface area (Å²) >= 11 is 0. The fourth-order valence-corrected chi connectivity index (χ4v) is 10.5. The first kappa shape index (κ1) is 20.5. The largest absolute Gasteiger partial charge is 0.387 e. The molecule has 1 N–H and O–H groups in total. The van der Waals surface area contributed by atoms with Crippen molar-refractivity contribution in [2.45, 2.75) is 110 Å². The second-order valence-corrected chi connectivity index (χ2v) is 13.0. The second-order valence-electron chi connectivity index (χ2n) is 13.0. The van der Waals surface area contributed by atoms with E-state index >= 15 is 0 Å². The first-order valence-electron chi connectivity index (χ1n) is 13.3. The van der Waals surface area contributed by atoms with E-state index in [0.29, 0.717) is 22.7 Å². The van der Waals surface area contributed by atoms with Crippen molar-refractivity contribution in [1.82, 2.24) is 0 Å². The van der Waals surface area contributed by atoms with Crippen molar-refractivity contribution in [2.75, 3.05) is 6.61 Å². The highest BCUT2D eigenvalue weighted by Gasteiger charge is 2.70. The maximum Gasteiger partial charge on any atom is 0.197 e. The molecule has 0 aromatic rings. The van der Waals surface area contributed by atoms with Gasteiger partial charge in [0.05, 0.1) is 12.7 Å². The molecule has 0 aromatic carbocycles. The molecule has 0 amide bonds. The number of ether oxygens (including phenoxy) is 2. The average Bonchev–Trinajstić information content (AvgIpc) is 3.16. The first-order chi connectivity index (χ1) is 14.3. The lowest BCUT2D eigenvalue weighted by Gasteiger charge is -2.61. The fraction of sp³-hybridized carbons (Fsp3) is 1.00. The maximum absolute atomic E-state index is 11.0. The minimum absolute atomic E-state index is 0.286. The Kier molecular flexibility index (Phi) is 4.58. The zero-order valence-corrected chi connectivity index (χ0v) is 19.7. The van der Waals surface area contributed by atoms with Crippen LogP contribution < -0.4 is 0 Å². The third-order valence-corrected chi connectivity index (χ3v) is 11.9. The zero-order valence-electron chi connectivity index (χ0n) is 19.7. The Morgan fingerprint density at radius 2 is 1.70 bits per heavy atom. The first-order valence-corrected chi connectivity index (χ1v) is 13.3. The van der Waals surface area contributed by atoms with Gasteiger partial charge in [-0.15, -0.1) is 0 Å². The highest BCUT2D eigenvalue weighted by Crippen LogP contribution is 2.71. The summed E-state index contributed by atoms with van der Waals surface area (Å²) in [4.78, 5) is 0. The Morgan fingerprint density at radius 3 is 2.50 bits per heavy atom. The van der Waals surface area contributed by atoms with Gasteiger partial charge in [0.25, 0.3) is 0 Å². The number of aliphatic hydroxyl groups excluding tert-OH is 1. The quantitative estimate of drug-likeness (QED) is 0.543. The van der Waals surface area contributed by atoms with Crippen molar-refractivity contribution >= 4 is 0 Å². The van der Waals surface area contributed by atoms with Gasteiger partial charge in [0, 0.05) is 5.92 Å². The van der Waals surface area contributed by atoms with Crippen molar-refractivity contribution < 1.29 is 14.6 Å². The van der Waals surface area contributed by atoms with Gasteiger partial charge in [-0.1, -0.05) is 40.5 Å². The Morgan fingerprint density at radius 1 is 0.867 bits per heavy atom. The van der Waals surface area contributed by atoms with Crippen molar-refractivity contribution in [3.05, 3.63) is 0 Å². The van der Waals surface area contributed by atoms with E-state index < -0.39 is 11.9 Å². The van der Waals surface area contributed by atoms with E-state index in [1.165, 1.54) is 57.8 Å². The molecule has 3 heteroatoms. The van der Waals surface area contributed by atoms with Gasteiger partial charge >= 0.3 is 0 Å². The van der Waals surface area contributed by atoms with Crippen LogP contribution in [0.2, 0.25) is 0 Å². The lowest BCUT2D eigenvalue weighted by Crippen LogP contribution is -2.57. The van der Waals surface area contributed by atoms with E-state index in [4.69, 9.17) is 9.47 Å². The van der Waals surface area contributed by atoms with E-state index in [9.17, 15) is 5.11 Å². The number of hydrogen-bond acceptors (Lipinski definition) is 3. The SMILES string of the molecule is C[C@H]1CO[C@@]2(O[C@H]3C[C@H]4[C@@H]5CC[C@H]6CCCC[C@]6(C)[C@H]5CC[C@]4(C)[C@H]3[C@@H]2C)[C@@H](O)C1. The molecule has 170 valence electrons. The highest BCUT2D eigenvalue weighted by atomic mass is 16.7. The highest BCUT2D eigenvalue weighted by molar-refractivity contribution is 5.16. The van der Waals surface area contributed by atoms with Crippen molar-refractivity contribution in [1.29, 1.82) is 0 Å². The summed E-state index contributed by atoms with van der Waals surface area (Å²) in [6.45, 7) is 10.5. The van der Waals surface area contributed by atoms with Crippen LogP contribution in [0, 0.1) is 52.3 Å². The van der Waals surface area contributed by atoms with Crippen LogP contribution in [0.1, 0.15) is 91.9 Å². The van der Waals surface area contributed by atoms with Crippen LogP contribution in [0.5, 0.6) is 0 Å².